The maximum Gasteiger partial charge on any atom is 0.340 e. The number of H-pyrrole nitrogens is 2. The van der Waals surface area contributed by atoms with Crippen LogP contribution in [0.15, 0.2) is 22.7 Å². The average molecular weight is 419 g/mol. The zero-order chi connectivity index (χ0) is 20.3. The smallest absolute Gasteiger partial charge is 0.340 e. The van der Waals surface area contributed by atoms with Crippen LogP contribution in [0.5, 0.6) is 0 Å². The second-order valence-electron chi connectivity index (χ2n) is 6.29. The van der Waals surface area contributed by atoms with Crippen LogP contribution in [-0.4, -0.2) is 43.8 Å². The second kappa shape index (κ2) is 8.74. The third-order valence-corrected chi connectivity index (χ3v) is 6.09. The molecule has 148 valence electrons. The number of hydrogen-bond acceptors (Lipinski definition) is 7. The first-order chi connectivity index (χ1) is 13.4. The molecule has 1 unspecified atom stereocenters. The number of aryl methyl sites for hydroxylation is 1. The fraction of sp³-hybridized carbons (Fsp3) is 0.368. The first-order valence-electron chi connectivity index (χ1n) is 8.91. The molecule has 9 heteroatoms. The van der Waals surface area contributed by atoms with Gasteiger partial charge >= 0.3 is 5.97 Å². The number of carbonyl (C=O) groups excluding carboxylic acids is 2. The number of thiophene rings is 1. The van der Waals surface area contributed by atoms with Crippen molar-refractivity contribution in [1.29, 1.82) is 0 Å². The van der Waals surface area contributed by atoms with Crippen molar-refractivity contribution in [1.82, 2.24) is 20.2 Å². The molecule has 0 aromatic carbocycles. The van der Waals surface area contributed by atoms with Crippen molar-refractivity contribution in [3.05, 3.63) is 50.7 Å². The van der Waals surface area contributed by atoms with Gasteiger partial charge in [0.05, 0.1) is 23.1 Å². The predicted molar refractivity (Wildman–Crippen MR) is 109 cm³/mol. The number of thioether (sulfide) groups is 1. The minimum Gasteiger partial charge on any atom is -0.462 e. The molecule has 0 saturated heterocycles. The van der Waals surface area contributed by atoms with E-state index in [1.807, 2.05) is 24.4 Å². The number of aromatic amines is 2. The summed E-state index contributed by atoms with van der Waals surface area (Å²) in [4.78, 5) is 33.7. The average Bonchev–Trinajstić information content (AvgIpc) is 3.37. The number of esters is 1. The Bertz CT molecular complexity index is 976. The van der Waals surface area contributed by atoms with E-state index in [1.165, 1.54) is 16.6 Å². The van der Waals surface area contributed by atoms with Crippen LogP contribution in [0.4, 0.5) is 0 Å². The number of ketones is 1. The minimum atomic E-state index is -0.416. The Morgan fingerprint density at radius 1 is 1.36 bits per heavy atom. The van der Waals surface area contributed by atoms with Crippen molar-refractivity contribution in [2.75, 3.05) is 6.61 Å². The summed E-state index contributed by atoms with van der Waals surface area (Å²) in [5.41, 5.74) is 2.10. The van der Waals surface area contributed by atoms with E-state index in [9.17, 15) is 9.59 Å². The van der Waals surface area contributed by atoms with Gasteiger partial charge in [-0.05, 0) is 44.7 Å². The fourth-order valence-corrected chi connectivity index (χ4v) is 4.42. The quantitative estimate of drug-likeness (QED) is 0.326. The van der Waals surface area contributed by atoms with E-state index in [0.29, 0.717) is 34.1 Å². The molecule has 0 fully saturated rings. The van der Waals surface area contributed by atoms with E-state index in [-0.39, 0.29) is 12.4 Å². The van der Waals surface area contributed by atoms with Gasteiger partial charge in [0.25, 0.3) is 0 Å². The number of aromatic nitrogens is 4. The van der Waals surface area contributed by atoms with Crippen molar-refractivity contribution in [2.45, 2.75) is 44.5 Å². The predicted octanol–water partition coefficient (Wildman–Crippen LogP) is 3.94. The Morgan fingerprint density at radius 2 is 2.14 bits per heavy atom. The largest absolute Gasteiger partial charge is 0.462 e. The van der Waals surface area contributed by atoms with Crippen LogP contribution in [-0.2, 0) is 11.2 Å². The highest BCUT2D eigenvalue weighted by molar-refractivity contribution is 8.00. The molecule has 3 heterocycles. The van der Waals surface area contributed by atoms with Crippen LogP contribution in [0, 0.1) is 13.8 Å². The highest BCUT2D eigenvalue weighted by atomic mass is 32.2. The van der Waals surface area contributed by atoms with Crippen LogP contribution in [0.25, 0.3) is 0 Å². The molecule has 28 heavy (non-hydrogen) atoms. The Morgan fingerprint density at radius 3 is 2.82 bits per heavy atom. The van der Waals surface area contributed by atoms with E-state index in [0.717, 1.165) is 5.82 Å². The second-order valence-corrected chi connectivity index (χ2v) is 8.63. The molecule has 0 spiro atoms. The van der Waals surface area contributed by atoms with E-state index in [2.05, 4.69) is 20.2 Å². The molecule has 3 aromatic rings. The van der Waals surface area contributed by atoms with Crippen LogP contribution in [0.3, 0.4) is 0 Å². The van der Waals surface area contributed by atoms with Gasteiger partial charge in [-0.3, -0.25) is 9.89 Å². The first kappa shape index (κ1) is 20.3. The molecule has 0 saturated carbocycles. The number of nitrogens with one attached hydrogen (secondary N) is 2. The van der Waals surface area contributed by atoms with Crippen LogP contribution < -0.4 is 0 Å². The highest BCUT2D eigenvalue weighted by Crippen LogP contribution is 2.26. The maximum atomic E-state index is 12.9. The molecule has 0 radical (unpaired) electrons. The molecule has 0 amide bonds. The number of carbonyl (C=O) groups is 2. The van der Waals surface area contributed by atoms with Crippen molar-refractivity contribution in [3.63, 3.8) is 0 Å². The fourth-order valence-electron chi connectivity index (χ4n) is 2.91. The molecule has 2 N–H and O–H groups in total. The maximum absolute atomic E-state index is 12.9. The lowest BCUT2D eigenvalue weighted by Gasteiger charge is -2.07. The zero-order valence-electron chi connectivity index (χ0n) is 16.2. The molecule has 0 aliphatic heterocycles. The summed E-state index contributed by atoms with van der Waals surface area (Å²) < 4.78 is 5.09. The molecule has 7 nitrogen and oxygen atoms in total. The minimum absolute atomic E-state index is 0.106. The number of nitrogens with zero attached hydrogens (tertiary/aromatic N) is 2. The SMILES string of the molecule is CCOC(=O)c1c(C)[nH]c(C(=O)C(C)Sc2n[nH]c(Cc3cccs3)n2)c1C. The van der Waals surface area contributed by atoms with Crippen molar-refractivity contribution in [3.8, 4) is 0 Å². The summed E-state index contributed by atoms with van der Waals surface area (Å²) in [6.45, 7) is 7.37. The Labute approximate surface area is 171 Å². The Balaban J connectivity index is 1.70. The lowest BCUT2D eigenvalue weighted by Crippen LogP contribution is -2.16. The molecule has 3 rings (SSSR count). The van der Waals surface area contributed by atoms with Crippen molar-refractivity contribution in [2.24, 2.45) is 0 Å². The standard InChI is InChI=1S/C19H22N4O3S2/c1-5-26-18(25)15-10(2)16(20-11(15)3)17(24)12(4)28-19-21-14(22-23-19)9-13-7-6-8-27-13/h6-8,12,20H,5,9H2,1-4H3,(H,21,22,23). The van der Waals surface area contributed by atoms with Gasteiger partial charge in [-0.25, -0.2) is 9.78 Å². The molecule has 0 aliphatic rings. The van der Waals surface area contributed by atoms with E-state index in [1.54, 1.807) is 32.1 Å². The number of rotatable bonds is 8. The summed E-state index contributed by atoms with van der Waals surface area (Å²) in [6, 6.07) is 4.04. The number of Topliss-reactive ketones (excluding diaryl/α,β-unsaturated/α-hetero) is 1. The van der Waals surface area contributed by atoms with Gasteiger partial charge < -0.3 is 9.72 Å². The highest BCUT2D eigenvalue weighted by Gasteiger charge is 2.26. The normalized spacial score (nSPS) is 12.1. The van der Waals surface area contributed by atoms with E-state index < -0.39 is 11.2 Å². The molecular weight excluding hydrogens is 396 g/mol. The van der Waals surface area contributed by atoms with Gasteiger partial charge in [0.1, 0.15) is 5.82 Å². The van der Waals surface area contributed by atoms with Gasteiger partial charge in [0.2, 0.25) is 5.16 Å². The summed E-state index contributed by atoms with van der Waals surface area (Å²) >= 11 is 2.95. The van der Waals surface area contributed by atoms with Crippen LogP contribution >= 0.6 is 23.1 Å². The Kier molecular flexibility index (Phi) is 6.35. The lowest BCUT2D eigenvalue weighted by molar-refractivity contribution is 0.0525. The number of ether oxygens (including phenoxy) is 1. The molecule has 1 atom stereocenters. The van der Waals surface area contributed by atoms with Gasteiger partial charge in [-0.15, -0.1) is 16.4 Å². The van der Waals surface area contributed by atoms with Gasteiger partial charge in [0, 0.05) is 17.0 Å². The molecule has 0 aliphatic carbocycles. The number of hydrogen-bond donors (Lipinski definition) is 2. The summed E-state index contributed by atoms with van der Waals surface area (Å²) in [5.74, 6) is 0.243. The molecule has 3 aromatic heterocycles. The van der Waals surface area contributed by atoms with Gasteiger partial charge in [-0.2, -0.15) is 0 Å². The van der Waals surface area contributed by atoms with Crippen molar-refractivity contribution >= 4 is 34.9 Å². The Hall–Kier alpha value is -2.39. The van der Waals surface area contributed by atoms with Crippen molar-refractivity contribution < 1.29 is 14.3 Å². The third-order valence-electron chi connectivity index (χ3n) is 4.25. The van der Waals surface area contributed by atoms with Crippen LogP contribution in [0.1, 0.15) is 56.7 Å². The summed E-state index contributed by atoms with van der Waals surface area (Å²) in [7, 11) is 0. The lowest BCUT2D eigenvalue weighted by atomic mass is 10.1. The van der Waals surface area contributed by atoms with Gasteiger partial charge in [0.15, 0.2) is 5.78 Å². The van der Waals surface area contributed by atoms with E-state index >= 15 is 0 Å². The summed E-state index contributed by atoms with van der Waals surface area (Å²) in [5, 5.41) is 9.27. The molecule has 0 bridgehead atoms. The van der Waals surface area contributed by atoms with Gasteiger partial charge in [-0.1, -0.05) is 17.8 Å². The third kappa shape index (κ3) is 4.36. The summed E-state index contributed by atoms with van der Waals surface area (Å²) in [6.07, 6.45) is 0.686. The molecular formula is C19H22N4O3S2. The topological polar surface area (TPSA) is 101 Å². The monoisotopic (exact) mass is 418 g/mol. The van der Waals surface area contributed by atoms with Crippen LogP contribution in [0.2, 0.25) is 0 Å². The first-order valence-corrected chi connectivity index (χ1v) is 10.7. The van der Waals surface area contributed by atoms with E-state index in [4.69, 9.17) is 4.74 Å². The zero-order valence-corrected chi connectivity index (χ0v) is 17.8.